The molecule has 0 spiro atoms. The molecule has 1 saturated carbocycles. The maximum absolute atomic E-state index is 14.5. The highest BCUT2D eigenvalue weighted by Crippen LogP contribution is 2.66. The van der Waals surface area contributed by atoms with Crippen molar-refractivity contribution >= 4 is 75.4 Å². The predicted molar refractivity (Wildman–Crippen MR) is 198 cm³/mol. The van der Waals surface area contributed by atoms with Crippen LogP contribution in [0.1, 0.15) is 35.4 Å². The number of hydrogen-bond acceptors (Lipinski definition) is 7. The van der Waals surface area contributed by atoms with E-state index in [1.54, 1.807) is 32.4 Å². The Morgan fingerprint density at radius 1 is 0.846 bits per heavy atom. The number of imide groups is 2. The van der Waals surface area contributed by atoms with Gasteiger partial charge in [-0.05, 0) is 71.5 Å². The first-order chi connectivity index (χ1) is 24.9. The minimum Gasteiger partial charge on any atom is -0.508 e. The van der Waals surface area contributed by atoms with Crippen LogP contribution in [-0.2, 0) is 19.2 Å². The number of alkyl halides is 2. The Kier molecular flexibility index (Phi) is 8.00. The van der Waals surface area contributed by atoms with Crippen molar-refractivity contribution in [2.45, 2.75) is 28.5 Å². The van der Waals surface area contributed by atoms with Crippen molar-refractivity contribution in [3.63, 3.8) is 0 Å². The van der Waals surface area contributed by atoms with Crippen LogP contribution < -0.4 is 14.4 Å². The van der Waals surface area contributed by atoms with E-state index in [2.05, 4.69) is 0 Å². The van der Waals surface area contributed by atoms with Gasteiger partial charge in [-0.1, -0.05) is 66.3 Å². The molecule has 0 aromatic heterocycles. The van der Waals surface area contributed by atoms with Gasteiger partial charge in [-0.3, -0.25) is 29.0 Å². The van der Waals surface area contributed by atoms with Crippen LogP contribution in [0.3, 0.4) is 0 Å². The first-order valence-electron chi connectivity index (χ1n) is 16.9. The molecule has 52 heavy (non-hydrogen) atoms. The summed E-state index contributed by atoms with van der Waals surface area (Å²) in [5, 5.41) is 12.9. The Bertz CT molecular complexity index is 2270. The second kappa shape index (κ2) is 12.2. The van der Waals surface area contributed by atoms with E-state index in [9.17, 15) is 24.3 Å². The predicted octanol–water partition coefficient (Wildman–Crippen LogP) is 6.93. The Hall–Kier alpha value is -5.12. The molecule has 264 valence electrons. The largest absolute Gasteiger partial charge is 0.508 e. The van der Waals surface area contributed by atoms with Crippen LogP contribution >= 0.6 is 23.2 Å². The van der Waals surface area contributed by atoms with E-state index in [0.29, 0.717) is 33.7 Å². The Balaban J connectivity index is 1.17. The molecular weight excluding hydrogens is 703 g/mol. The zero-order chi connectivity index (χ0) is 36.7. The average Bonchev–Trinajstić information content (AvgIpc) is 3.49. The van der Waals surface area contributed by atoms with Gasteiger partial charge in [-0.2, -0.15) is 0 Å². The summed E-state index contributed by atoms with van der Waals surface area (Å²) >= 11 is 14.7. The normalized spacial score (nSPS) is 28.3. The Morgan fingerprint density at radius 2 is 1.60 bits per heavy atom. The second-order valence-electron chi connectivity index (χ2n) is 13.8. The molecule has 2 heterocycles. The second-order valence-corrected chi connectivity index (χ2v) is 15.0. The molecular formula is C41H34Cl2N2O7. The van der Waals surface area contributed by atoms with Crippen molar-refractivity contribution in [3.8, 4) is 17.2 Å². The standard InChI is InChI=1S/C41H34Cl2N2O7/c1-44-38(49)40(42)21-30-28(35(41(40,43)39(44)50)34-27-7-5-4-6-23(27)12-18-31(34)46)16-17-29-33(30)37(48)45(36(29)47)25-13-9-22(10-14-25)8-11-24-20-26(51-2)15-19-32(24)52-3/h4-16,18-20,29-30,33,35,46H,17,21H2,1-3H3/t29-,30+,33-,35+,40+,41-/m0/s1. The maximum atomic E-state index is 14.5. The number of anilines is 1. The van der Waals surface area contributed by atoms with Gasteiger partial charge < -0.3 is 14.6 Å². The number of halogens is 2. The third-order valence-electron chi connectivity index (χ3n) is 11.3. The zero-order valence-corrected chi connectivity index (χ0v) is 30.0. The molecule has 2 aliphatic heterocycles. The summed E-state index contributed by atoms with van der Waals surface area (Å²) in [6, 6.07) is 23.2. The minimum absolute atomic E-state index is 0.115. The summed E-state index contributed by atoms with van der Waals surface area (Å²) in [5.41, 5.74) is 3.03. The number of hydrogen-bond donors (Lipinski definition) is 1. The minimum atomic E-state index is -2.00. The third kappa shape index (κ3) is 4.68. The van der Waals surface area contributed by atoms with E-state index in [1.165, 1.54) is 18.0 Å². The zero-order valence-electron chi connectivity index (χ0n) is 28.5. The molecule has 9 nitrogen and oxygen atoms in total. The SMILES string of the molecule is COc1ccc(OC)c(C=Cc2ccc(N3C(=O)[C@H]4[C@H](CC=C5[C@H]4C[C@@]4(Cl)C(=O)N(C)C(=O)[C@@]4(Cl)[C@H]5c4c(O)ccc5ccccc45)C3=O)cc2)c1. The van der Waals surface area contributed by atoms with E-state index >= 15 is 0 Å². The number of phenolic OH excluding ortho intramolecular Hbond substituents is 1. The van der Waals surface area contributed by atoms with E-state index in [0.717, 1.165) is 21.4 Å². The van der Waals surface area contributed by atoms with Gasteiger partial charge in [-0.25, -0.2) is 0 Å². The summed E-state index contributed by atoms with van der Waals surface area (Å²) in [4.78, 5) is 54.7. The molecule has 11 heteroatoms. The molecule has 1 N–H and O–H groups in total. The molecule has 4 amide bonds. The fourth-order valence-electron chi connectivity index (χ4n) is 8.79. The lowest BCUT2D eigenvalue weighted by molar-refractivity contribution is -0.138. The molecule has 2 saturated heterocycles. The fraction of sp³-hybridized carbons (Fsp3) is 0.268. The van der Waals surface area contributed by atoms with Crippen LogP contribution in [0, 0.1) is 17.8 Å². The first-order valence-corrected chi connectivity index (χ1v) is 17.7. The van der Waals surface area contributed by atoms with Crippen molar-refractivity contribution in [2.24, 2.45) is 17.8 Å². The summed E-state index contributed by atoms with van der Waals surface area (Å²) in [5.74, 6) is -4.22. The lowest BCUT2D eigenvalue weighted by atomic mass is 9.56. The summed E-state index contributed by atoms with van der Waals surface area (Å²) < 4.78 is 10.8. The number of fused-ring (bicyclic) bond motifs is 5. The lowest BCUT2D eigenvalue weighted by Gasteiger charge is -2.51. The molecule has 4 aromatic carbocycles. The average molecular weight is 738 g/mol. The number of ether oxygens (including phenoxy) is 2. The quantitative estimate of drug-likeness (QED) is 0.0989. The van der Waals surface area contributed by atoms with Gasteiger partial charge in [-0.15, -0.1) is 23.2 Å². The molecule has 3 fully saturated rings. The molecule has 6 atom stereocenters. The number of aromatic hydroxyl groups is 1. The van der Waals surface area contributed by atoms with Crippen LogP contribution in [0.5, 0.6) is 17.2 Å². The van der Waals surface area contributed by atoms with E-state index < -0.39 is 51.1 Å². The Morgan fingerprint density at radius 3 is 2.33 bits per heavy atom. The van der Waals surface area contributed by atoms with Gasteiger partial charge in [0.2, 0.25) is 11.8 Å². The van der Waals surface area contributed by atoms with Gasteiger partial charge in [0.1, 0.15) is 17.2 Å². The number of nitrogens with zero attached hydrogens (tertiary/aromatic N) is 2. The molecule has 0 radical (unpaired) electrons. The number of benzene rings is 4. The number of phenols is 1. The lowest BCUT2D eigenvalue weighted by Crippen LogP contribution is -2.60. The number of carbonyl (C=O) groups is 4. The van der Waals surface area contributed by atoms with E-state index in [-0.39, 0.29) is 24.5 Å². The molecule has 4 aliphatic rings. The third-order valence-corrected chi connectivity index (χ3v) is 12.7. The maximum Gasteiger partial charge on any atom is 0.253 e. The van der Waals surface area contributed by atoms with Gasteiger partial charge in [0.25, 0.3) is 11.8 Å². The van der Waals surface area contributed by atoms with Crippen molar-refractivity contribution in [2.75, 3.05) is 26.2 Å². The topological polar surface area (TPSA) is 113 Å². The smallest absolute Gasteiger partial charge is 0.253 e. The molecule has 8 rings (SSSR count). The van der Waals surface area contributed by atoms with Crippen molar-refractivity contribution in [1.29, 1.82) is 0 Å². The van der Waals surface area contributed by atoms with Gasteiger partial charge in [0, 0.05) is 24.1 Å². The molecule has 0 unspecified atom stereocenters. The van der Waals surface area contributed by atoms with Gasteiger partial charge >= 0.3 is 0 Å². The number of rotatable bonds is 6. The van der Waals surface area contributed by atoms with E-state index in [1.807, 2.05) is 72.8 Å². The van der Waals surface area contributed by atoms with Gasteiger partial charge in [0.15, 0.2) is 9.75 Å². The van der Waals surface area contributed by atoms with Crippen LogP contribution in [0.15, 0.2) is 90.5 Å². The van der Waals surface area contributed by atoms with Crippen molar-refractivity contribution in [1.82, 2.24) is 4.90 Å². The summed E-state index contributed by atoms with van der Waals surface area (Å²) in [7, 11) is 4.53. The first kappa shape index (κ1) is 34.0. The van der Waals surface area contributed by atoms with Crippen LogP contribution in [0.4, 0.5) is 5.69 Å². The highest BCUT2D eigenvalue weighted by atomic mass is 35.5. The highest BCUT2D eigenvalue weighted by molar-refractivity contribution is 6.53. The number of allylic oxidation sites excluding steroid dienone is 2. The van der Waals surface area contributed by atoms with Crippen LogP contribution in [0.25, 0.3) is 22.9 Å². The van der Waals surface area contributed by atoms with Crippen LogP contribution in [0.2, 0.25) is 0 Å². The number of methoxy groups -OCH3 is 2. The summed E-state index contributed by atoms with van der Waals surface area (Å²) in [6.07, 6.45) is 5.73. The van der Waals surface area contributed by atoms with Crippen molar-refractivity contribution < 1.29 is 33.8 Å². The van der Waals surface area contributed by atoms with Crippen molar-refractivity contribution in [3.05, 3.63) is 107 Å². The molecule has 4 aromatic rings. The fourth-order valence-corrected chi connectivity index (χ4v) is 9.80. The van der Waals surface area contributed by atoms with Gasteiger partial charge in [0.05, 0.1) is 31.7 Å². The number of likely N-dealkylation sites (tertiary alicyclic amines) is 1. The number of amides is 4. The molecule has 0 bridgehead atoms. The van der Waals surface area contributed by atoms with Crippen LogP contribution in [-0.4, -0.2) is 64.7 Å². The Labute approximate surface area is 310 Å². The summed E-state index contributed by atoms with van der Waals surface area (Å²) in [6.45, 7) is 0. The monoisotopic (exact) mass is 736 g/mol. The highest BCUT2D eigenvalue weighted by Gasteiger charge is 2.76. The number of carbonyl (C=O) groups excluding carboxylic acids is 4. The van der Waals surface area contributed by atoms with E-state index in [4.69, 9.17) is 32.7 Å². The molecule has 2 aliphatic carbocycles.